The topological polar surface area (TPSA) is 24.7 Å². The van der Waals surface area contributed by atoms with Gasteiger partial charge in [0.2, 0.25) is 0 Å². The summed E-state index contributed by atoms with van der Waals surface area (Å²) >= 11 is 0. The van der Waals surface area contributed by atoms with E-state index in [0.29, 0.717) is 0 Å². The molecule has 2 nitrogen and oxygen atoms in total. The van der Waals surface area contributed by atoms with E-state index in [-0.39, 0.29) is 0 Å². The van der Waals surface area contributed by atoms with Gasteiger partial charge in [0.25, 0.3) is 0 Å². The molecule has 96 valence electrons. The molecule has 0 aromatic heterocycles. The van der Waals surface area contributed by atoms with Gasteiger partial charge in [-0.15, -0.1) is 0 Å². The molecule has 1 fully saturated rings. The third kappa shape index (κ3) is 4.61. The van der Waals surface area contributed by atoms with Crippen LogP contribution in [0.4, 0.5) is 0 Å². The lowest BCUT2D eigenvalue weighted by atomic mass is 9.82. The molecule has 2 heteroatoms. The van der Waals surface area contributed by atoms with Crippen LogP contribution in [0.3, 0.4) is 0 Å². The summed E-state index contributed by atoms with van der Waals surface area (Å²) < 4.78 is 0. The third-order valence-corrected chi connectivity index (χ3v) is 4.32. The summed E-state index contributed by atoms with van der Waals surface area (Å²) in [7, 11) is 0. The van der Waals surface area contributed by atoms with Gasteiger partial charge in [-0.2, -0.15) is 0 Å². The first kappa shape index (κ1) is 12.8. The first-order chi connectivity index (χ1) is 8.47. The molecule has 2 rings (SSSR count). The summed E-state index contributed by atoms with van der Waals surface area (Å²) in [5.41, 5.74) is 0. The van der Waals surface area contributed by atoms with E-state index < -0.39 is 0 Å². The number of hydrogen-bond acceptors (Lipinski definition) is 2. The maximum atomic E-state index is 4.44. The number of rotatable bonds is 0. The first-order valence-electron chi connectivity index (χ1n) is 7.47. The van der Waals surface area contributed by atoms with Crippen molar-refractivity contribution >= 4 is 12.6 Å². The molecular weight excluding hydrogens is 208 g/mol. The summed E-state index contributed by atoms with van der Waals surface area (Å²) in [5, 5.41) is 0. The zero-order valence-corrected chi connectivity index (χ0v) is 11.0. The molecule has 0 spiro atoms. The highest BCUT2D eigenvalue weighted by Gasteiger charge is 2.20. The minimum atomic E-state index is 0.816. The van der Waals surface area contributed by atoms with Gasteiger partial charge in [-0.25, -0.2) is 4.99 Å². The zero-order chi connectivity index (χ0) is 11.8. The third-order valence-electron chi connectivity index (χ3n) is 4.32. The molecule has 1 aliphatic carbocycles. The molecule has 0 saturated heterocycles. The standard InChI is InChI=1S/C15H26N2/c1-2-4-6-8-14-10-11-16-13-17-12-15(14)9-7-5-3-1/h11,13-15H,1-10,12H2/b16-11-,17-13-. The fourth-order valence-corrected chi connectivity index (χ4v) is 3.19. The van der Waals surface area contributed by atoms with Crippen molar-refractivity contribution in [1.82, 2.24) is 0 Å². The Labute approximate surface area is 106 Å². The van der Waals surface area contributed by atoms with Crippen LogP contribution in [0.25, 0.3) is 0 Å². The lowest BCUT2D eigenvalue weighted by Crippen LogP contribution is -2.20. The van der Waals surface area contributed by atoms with E-state index in [9.17, 15) is 0 Å². The second kappa shape index (κ2) is 7.62. The lowest BCUT2D eigenvalue weighted by Gasteiger charge is -2.25. The molecule has 0 aromatic rings. The molecular formula is C15H26N2. The number of fused-ring (bicyclic) bond motifs is 1. The normalized spacial score (nSPS) is 35.8. The predicted octanol–water partition coefficient (Wildman–Crippen LogP) is 4.25. The van der Waals surface area contributed by atoms with Gasteiger partial charge < -0.3 is 0 Å². The van der Waals surface area contributed by atoms with Gasteiger partial charge in [0.15, 0.2) is 0 Å². The van der Waals surface area contributed by atoms with Crippen LogP contribution in [0.2, 0.25) is 0 Å². The Morgan fingerprint density at radius 3 is 2.18 bits per heavy atom. The van der Waals surface area contributed by atoms with Crippen molar-refractivity contribution < 1.29 is 0 Å². The highest BCUT2D eigenvalue weighted by molar-refractivity contribution is 5.72. The Kier molecular flexibility index (Phi) is 5.74. The van der Waals surface area contributed by atoms with Gasteiger partial charge in [-0.1, -0.05) is 44.9 Å². The predicted molar refractivity (Wildman–Crippen MR) is 75.0 cm³/mol. The Bertz CT molecular complexity index is 232. The van der Waals surface area contributed by atoms with Crippen molar-refractivity contribution in [3.05, 3.63) is 0 Å². The van der Waals surface area contributed by atoms with Crippen molar-refractivity contribution in [1.29, 1.82) is 0 Å². The minimum absolute atomic E-state index is 0.816. The van der Waals surface area contributed by atoms with Gasteiger partial charge >= 0.3 is 0 Å². The second-order valence-corrected chi connectivity index (χ2v) is 5.62. The van der Waals surface area contributed by atoms with Crippen LogP contribution < -0.4 is 0 Å². The Morgan fingerprint density at radius 2 is 1.41 bits per heavy atom. The minimum Gasteiger partial charge on any atom is -0.273 e. The van der Waals surface area contributed by atoms with Gasteiger partial charge in [-0.05, 0) is 31.1 Å². The smallest absolute Gasteiger partial charge is 0.109 e. The Hall–Kier alpha value is -0.660. The summed E-state index contributed by atoms with van der Waals surface area (Å²) in [4.78, 5) is 8.66. The average molecular weight is 234 g/mol. The number of hydrogen-bond donors (Lipinski definition) is 0. The van der Waals surface area contributed by atoms with Gasteiger partial charge in [-0.3, -0.25) is 4.99 Å². The molecule has 1 saturated carbocycles. The largest absolute Gasteiger partial charge is 0.273 e. The first-order valence-corrected chi connectivity index (χ1v) is 7.47. The van der Waals surface area contributed by atoms with Crippen molar-refractivity contribution in [3.63, 3.8) is 0 Å². The average Bonchev–Trinajstić information content (AvgIpc) is 2.35. The van der Waals surface area contributed by atoms with E-state index >= 15 is 0 Å². The van der Waals surface area contributed by atoms with Crippen LogP contribution in [0, 0.1) is 11.8 Å². The van der Waals surface area contributed by atoms with Crippen molar-refractivity contribution in [2.75, 3.05) is 6.54 Å². The summed E-state index contributed by atoms with van der Waals surface area (Å²) in [6.45, 7) is 1.02. The van der Waals surface area contributed by atoms with Crippen LogP contribution in [0.15, 0.2) is 9.98 Å². The molecule has 1 aliphatic heterocycles. The highest BCUT2D eigenvalue weighted by atomic mass is 14.9. The van der Waals surface area contributed by atoms with Gasteiger partial charge in [0.05, 0.1) is 0 Å². The Balaban J connectivity index is 1.93. The summed E-state index contributed by atoms with van der Waals surface area (Å²) in [5.74, 6) is 1.66. The molecule has 0 radical (unpaired) electrons. The highest BCUT2D eigenvalue weighted by Crippen LogP contribution is 2.29. The van der Waals surface area contributed by atoms with E-state index in [2.05, 4.69) is 16.2 Å². The van der Waals surface area contributed by atoms with Crippen LogP contribution in [-0.4, -0.2) is 19.1 Å². The van der Waals surface area contributed by atoms with Crippen LogP contribution in [0.5, 0.6) is 0 Å². The molecule has 2 aliphatic rings. The van der Waals surface area contributed by atoms with Gasteiger partial charge in [0, 0.05) is 12.8 Å². The number of aliphatic imine (C=N–C) groups is 2. The summed E-state index contributed by atoms with van der Waals surface area (Å²) in [6, 6.07) is 0. The molecule has 0 amide bonds. The van der Waals surface area contributed by atoms with Crippen molar-refractivity contribution in [2.45, 2.75) is 64.2 Å². The quantitative estimate of drug-likeness (QED) is 0.599. The molecule has 17 heavy (non-hydrogen) atoms. The van der Waals surface area contributed by atoms with E-state index in [1.807, 2.05) is 0 Å². The van der Waals surface area contributed by atoms with E-state index in [0.717, 1.165) is 18.4 Å². The molecule has 0 aromatic carbocycles. The summed E-state index contributed by atoms with van der Waals surface area (Å²) in [6.07, 6.45) is 17.8. The molecule has 1 heterocycles. The fourth-order valence-electron chi connectivity index (χ4n) is 3.19. The molecule has 0 bridgehead atoms. The van der Waals surface area contributed by atoms with E-state index in [4.69, 9.17) is 0 Å². The van der Waals surface area contributed by atoms with Gasteiger partial charge in [0.1, 0.15) is 6.34 Å². The second-order valence-electron chi connectivity index (χ2n) is 5.62. The monoisotopic (exact) mass is 234 g/mol. The molecule has 2 unspecified atom stereocenters. The Morgan fingerprint density at radius 1 is 0.765 bits per heavy atom. The number of nitrogens with zero attached hydrogens (tertiary/aromatic N) is 2. The molecule has 2 atom stereocenters. The zero-order valence-electron chi connectivity index (χ0n) is 11.0. The van der Waals surface area contributed by atoms with Crippen molar-refractivity contribution in [2.24, 2.45) is 21.8 Å². The van der Waals surface area contributed by atoms with Crippen LogP contribution in [0.1, 0.15) is 64.2 Å². The maximum absolute atomic E-state index is 4.44. The van der Waals surface area contributed by atoms with Crippen LogP contribution in [-0.2, 0) is 0 Å². The van der Waals surface area contributed by atoms with E-state index in [1.54, 1.807) is 6.34 Å². The maximum Gasteiger partial charge on any atom is 0.109 e. The SMILES string of the molecule is C1=N\C=N/CC2CCCCCCCCCC2C/1. The van der Waals surface area contributed by atoms with E-state index in [1.165, 1.54) is 64.2 Å². The fraction of sp³-hybridized carbons (Fsp3) is 0.867. The lowest BCUT2D eigenvalue weighted by molar-refractivity contribution is 0.298. The molecule has 0 N–H and O–H groups in total. The van der Waals surface area contributed by atoms with Crippen LogP contribution >= 0.6 is 0 Å². The van der Waals surface area contributed by atoms with Crippen molar-refractivity contribution in [3.8, 4) is 0 Å².